The minimum atomic E-state index is -4.53. The van der Waals surface area contributed by atoms with Crippen molar-refractivity contribution in [2.75, 3.05) is 11.4 Å². The number of carboxylic acid groups (broad SMARTS) is 1. The number of ether oxygens (including phenoxy) is 1. The average molecular weight is 338 g/mol. The SMILES string of the molecule is O=C([O-])[C@H]1[C@H]2C=C[C@]3(CN(c4cccc(C(F)(F)F)c4)C(=O)[C@@H]13)O2. The van der Waals surface area contributed by atoms with Crippen molar-refractivity contribution in [3.8, 4) is 0 Å². The Morgan fingerprint density at radius 1 is 1.38 bits per heavy atom. The molecule has 8 heteroatoms. The van der Waals surface area contributed by atoms with Gasteiger partial charge in [-0.1, -0.05) is 18.2 Å². The highest BCUT2D eigenvalue weighted by Gasteiger charge is 2.65. The van der Waals surface area contributed by atoms with Crippen LogP contribution in [-0.2, 0) is 20.5 Å². The predicted molar refractivity (Wildman–Crippen MR) is 72.5 cm³/mol. The minimum Gasteiger partial charge on any atom is -0.550 e. The largest absolute Gasteiger partial charge is 0.550 e. The first-order valence-electron chi connectivity index (χ1n) is 7.30. The zero-order chi connectivity index (χ0) is 17.3. The Labute approximate surface area is 134 Å². The van der Waals surface area contributed by atoms with Gasteiger partial charge in [0.1, 0.15) is 5.60 Å². The molecule has 0 saturated carbocycles. The molecule has 24 heavy (non-hydrogen) atoms. The molecule has 0 aliphatic carbocycles. The van der Waals surface area contributed by atoms with Gasteiger partial charge in [0.15, 0.2) is 0 Å². The molecule has 1 amide bonds. The number of fused-ring (bicyclic) bond motifs is 1. The number of aliphatic carboxylic acids is 1. The second kappa shape index (κ2) is 4.60. The van der Waals surface area contributed by atoms with Crippen LogP contribution in [0.3, 0.4) is 0 Å². The highest BCUT2D eigenvalue weighted by atomic mass is 19.4. The van der Waals surface area contributed by atoms with E-state index in [0.29, 0.717) is 0 Å². The van der Waals surface area contributed by atoms with Gasteiger partial charge in [0, 0.05) is 17.6 Å². The van der Waals surface area contributed by atoms with Crippen molar-refractivity contribution >= 4 is 17.6 Å². The van der Waals surface area contributed by atoms with Gasteiger partial charge in [-0.25, -0.2) is 0 Å². The zero-order valence-corrected chi connectivity index (χ0v) is 12.1. The maximum absolute atomic E-state index is 12.9. The molecule has 3 aliphatic heterocycles. The zero-order valence-electron chi connectivity index (χ0n) is 12.1. The monoisotopic (exact) mass is 338 g/mol. The summed E-state index contributed by atoms with van der Waals surface area (Å²) in [6.45, 7) is -0.0193. The highest BCUT2D eigenvalue weighted by molar-refractivity contribution is 6.02. The van der Waals surface area contributed by atoms with Crippen LogP contribution < -0.4 is 10.0 Å². The number of halogens is 3. The number of carboxylic acids is 1. The topological polar surface area (TPSA) is 69.7 Å². The summed E-state index contributed by atoms with van der Waals surface area (Å²) >= 11 is 0. The van der Waals surface area contributed by atoms with Gasteiger partial charge in [0.25, 0.3) is 0 Å². The second-order valence-electron chi connectivity index (χ2n) is 6.19. The maximum Gasteiger partial charge on any atom is 0.416 e. The van der Waals surface area contributed by atoms with E-state index >= 15 is 0 Å². The van der Waals surface area contributed by atoms with Crippen LogP contribution in [0.25, 0.3) is 0 Å². The Kier molecular flexibility index (Phi) is 2.91. The van der Waals surface area contributed by atoms with E-state index in [9.17, 15) is 27.9 Å². The molecule has 3 aliphatic rings. The summed E-state index contributed by atoms with van der Waals surface area (Å²) < 4.78 is 44.3. The summed E-state index contributed by atoms with van der Waals surface area (Å²) in [5.41, 5.74) is -1.92. The van der Waals surface area contributed by atoms with E-state index in [1.807, 2.05) is 0 Å². The maximum atomic E-state index is 12.9. The molecule has 0 unspecified atom stereocenters. The molecule has 0 aromatic heterocycles. The van der Waals surface area contributed by atoms with Crippen molar-refractivity contribution < 1.29 is 32.6 Å². The average Bonchev–Trinajstić information content (AvgIpc) is 3.15. The van der Waals surface area contributed by atoms with Crippen LogP contribution in [-0.4, -0.2) is 30.1 Å². The molecule has 5 nitrogen and oxygen atoms in total. The molecular formula is C16H11F3NO4-. The van der Waals surface area contributed by atoms with Gasteiger partial charge >= 0.3 is 6.18 Å². The third-order valence-electron chi connectivity index (χ3n) is 4.86. The molecule has 126 valence electrons. The van der Waals surface area contributed by atoms with Crippen LogP contribution in [0.5, 0.6) is 0 Å². The third kappa shape index (κ3) is 1.92. The number of rotatable bonds is 2. The Bertz CT molecular complexity index is 775. The Morgan fingerprint density at radius 3 is 2.79 bits per heavy atom. The molecule has 4 rings (SSSR count). The van der Waals surface area contributed by atoms with E-state index < -0.39 is 47.2 Å². The van der Waals surface area contributed by atoms with Gasteiger partial charge in [-0.15, -0.1) is 0 Å². The molecule has 0 radical (unpaired) electrons. The lowest BCUT2D eigenvalue weighted by Gasteiger charge is -2.24. The molecule has 4 atom stereocenters. The van der Waals surface area contributed by atoms with Crippen molar-refractivity contribution in [1.82, 2.24) is 0 Å². The molecule has 0 N–H and O–H groups in total. The third-order valence-corrected chi connectivity index (χ3v) is 4.86. The minimum absolute atomic E-state index is 0.0193. The number of hydrogen-bond acceptors (Lipinski definition) is 4. The number of amides is 1. The number of carbonyl (C=O) groups excluding carboxylic acids is 2. The van der Waals surface area contributed by atoms with E-state index in [1.54, 1.807) is 12.2 Å². The van der Waals surface area contributed by atoms with E-state index in [-0.39, 0.29) is 12.2 Å². The first kappa shape index (κ1) is 15.2. The summed E-state index contributed by atoms with van der Waals surface area (Å²) in [5, 5.41) is 11.4. The lowest BCUT2D eigenvalue weighted by molar-refractivity contribution is -0.313. The van der Waals surface area contributed by atoms with Gasteiger partial charge in [0.2, 0.25) is 5.91 Å². The molecule has 2 bridgehead atoms. The van der Waals surface area contributed by atoms with Crippen molar-refractivity contribution in [2.24, 2.45) is 11.8 Å². The van der Waals surface area contributed by atoms with E-state index in [0.717, 1.165) is 17.0 Å². The van der Waals surface area contributed by atoms with Crippen molar-refractivity contribution in [1.29, 1.82) is 0 Å². The van der Waals surface area contributed by atoms with Gasteiger partial charge in [-0.3, -0.25) is 4.79 Å². The number of carbonyl (C=O) groups is 2. The summed E-state index contributed by atoms with van der Waals surface area (Å²) in [4.78, 5) is 25.2. The van der Waals surface area contributed by atoms with Gasteiger partial charge in [-0.2, -0.15) is 13.2 Å². The van der Waals surface area contributed by atoms with Crippen LogP contribution in [0, 0.1) is 11.8 Å². The molecule has 1 aromatic carbocycles. The van der Waals surface area contributed by atoms with Gasteiger partial charge in [-0.05, 0) is 18.2 Å². The highest BCUT2D eigenvalue weighted by Crippen LogP contribution is 2.52. The van der Waals surface area contributed by atoms with Crippen molar-refractivity contribution in [2.45, 2.75) is 17.9 Å². The van der Waals surface area contributed by atoms with Crippen molar-refractivity contribution in [3.63, 3.8) is 0 Å². The van der Waals surface area contributed by atoms with Gasteiger partial charge in [0.05, 0.1) is 24.1 Å². The molecule has 1 spiro atoms. The van der Waals surface area contributed by atoms with Crippen LogP contribution in [0.2, 0.25) is 0 Å². The number of anilines is 1. The first-order chi connectivity index (χ1) is 11.2. The summed E-state index contributed by atoms with van der Waals surface area (Å²) in [7, 11) is 0. The Hall–Kier alpha value is -2.35. The Balaban J connectivity index is 1.72. The fourth-order valence-corrected chi connectivity index (χ4v) is 3.84. The van der Waals surface area contributed by atoms with Crippen LogP contribution in [0.4, 0.5) is 18.9 Å². The van der Waals surface area contributed by atoms with E-state index in [4.69, 9.17) is 4.74 Å². The normalized spacial score (nSPS) is 34.0. The number of benzene rings is 1. The van der Waals surface area contributed by atoms with Crippen LogP contribution >= 0.6 is 0 Å². The van der Waals surface area contributed by atoms with E-state index in [1.165, 1.54) is 12.1 Å². The standard InChI is InChI=1S/C16H12F3NO4/c17-16(18,19)8-2-1-3-9(6-8)20-7-15-5-4-10(24-15)11(14(22)23)12(15)13(20)21/h1-6,10-12H,7H2,(H,22,23)/p-1/t10-,11+,12-,15-/m1/s1. The van der Waals surface area contributed by atoms with Crippen molar-refractivity contribution in [3.05, 3.63) is 42.0 Å². The fraction of sp³-hybridized carbons (Fsp3) is 0.375. The smallest absolute Gasteiger partial charge is 0.416 e. The lowest BCUT2D eigenvalue weighted by atomic mass is 9.77. The second-order valence-corrected chi connectivity index (χ2v) is 6.19. The predicted octanol–water partition coefficient (Wildman–Crippen LogP) is 0.742. The molecular weight excluding hydrogens is 327 g/mol. The Morgan fingerprint density at radius 2 is 2.12 bits per heavy atom. The number of hydrogen-bond donors (Lipinski definition) is 0. The number of alkyl halides is 3. The molecule has 3 heterocycles. The van der Waals surface area contributed by atoms with Crippen LogP contribution in [0.15, 0.2) is 36.4 Å². The summed E-state index contributed by atoms with van der Waals surface area (Å²) in [5.74, 6) is -4.06. The van der Waals surface area contributed by atoms with Crippen LogP contribution in [0.1, 0.15) is 5.56 Å². The fourth-order valence-electron chi connectivity index (χ4n) is 3.84. The molecule has 2 saturated heterocycles. The molecule has 2 fully saturated rings. The quantitative estimate of drug-likeness (QED) is 0.746. The summed E-state index contributed by atoms with van der Waals surface area (Å²) in [6, 6.07) is 4.38. The summed E-state index contributed by atoms with van der Waals surface area (Å²) in [6.07, 6.45) is -2.06. The van der Waals surface area contributed by atoms with E-state index in [2.05, 4.69) is 0 Å². The molecule has 1 aromatic rings. The van der Waals surface area contributed by atoms with Gasteiger partial charge < -0.3 is 19.5 Å². The number of nitrogens with zero attached hydrogens (tertiary/aromatic N) is 1. The first-order valence-corrected chi connectivity index (χ1v) is 7.30. The lowest BCUT2D eigenvalue weighted by Crippen LogP contribution is -2.45.